The van der Waals surface area contributed by atoms with Crippen LogP contribution in [0.3, 0.4) is 0 Å². The van der Waals surface area contributed by atoms with Gasteiger partial charge in [0.15, 0.2) is 0 Å². The zero-order chi connectivity index (χ0) is 13.9. The first kappa shape index (κ1) is 14.0. The van der Waals surface area contributed by atoms with Crippen molar-refractivity contribution in [3.8, 4) is 0 Å². The van der Waals surface area contributed by atoms with Crippen molar-refractivity contribution in [2.24, 2.45) is 0 Å². The lowest BCUT2D eigenvalue weighted by Crippen LogP contribution is -2.23. The van der Waals surface area contributed by atoms with Gasteiger partial charge in [0, 0.05) is 16.7 Å². The molecule has 0 aliphatic heterocycles. The Bertz CT molecular complexity index is 652. The van der Waals surface area contributed by atoms with Gasteiger partial charge in [-0.05, 0) is 42.0 Å². The minimum atomic E-state index is -3.50. The Kier molecular flexibility index (Phi) is 4.24. The Morgan fingerprint density at radius 1 is 1.00 bits per heavy atom. The summed E-state index contributed by atoms with van der Waals surface area (Å²) >= 11 is 3.33. The van der Waals surface area contributed by atoms with Crippen LogP contribution in [0.25, 0.3) is 0 Å². The van der Waals surface area contributed by atoms with Gasteiger partial charge in [-0.2, -0.15) is 0 Å². The summed E-state index contributed by atoms with van der Waals surface area (Å²) in [6.45, 7) is 0.250. The third kappa shape index (κ3) is 3.79. The second-order valence-corrected chi connectivity index (χ2v) is 6.70. The minimum Gasteiger partial charge on any atom is -0.399 e. The molecule has 100 valence electrons. The fourth-order valence-corrected chi connectivity index (χ4v) is 2.79. The molecule has 0 saturated carbocycles. The van der Waals surface area contributed by atoms with Crippen LogP contribution in [0.15, 0.2) is 57.9 Å². The van der Waals surface area contributed by atoms with Crippen LogP contribution < -0.4 is 10.5 Å². The molecule has 19 heavy (non-hydrogen) atoms. The van der Waals surface area contributed by atoms with Gasteiger partial charge in [-0.25, -0.2) is 13.1 Å². The number of benzene rings is 2. The van der Waals surface area contributed by atoms with E-state index in [0.717, 1.165) is 10.0 Å². The summed E-state index contributed by atoms with van der Waals surface area (Å²) in [5.41, 5.74) is 6.95. The van der Waals surface area contributed by atoms with Gasteiger partial charge in [0.05, 0.1) is 4.90 Å². The molecule has 4 nitrogen and oxygen atoms in total. The van der Waals surface area contributed by atoms with E-state index in [1.807, 2.05) is 24.3 Å². The molecule has 0 amide bonds. The molecular formula is C13H13BrN2O2S. The van der Waals surface area contributed by atoms with Gasteiger partial charge in [-0.1, -0.05) is 28.1 Å². The van der Waals surface area contributed by atoms with Crippen molar-refractivity contribution < 1.29 is 8.42 Å². The van der Waals surface area contributed by atoms with Crippen molar-refractivity contribution in [3.63, 3.8) is 0 Å². The van der Waals surface area contributed by atoms with Crippen molar-refractivity contribution in [3.05, 3.63) is 58.6 Å². The van der Waals surface area contributed by atoms with Crippen LogP contribution in [0, 0.1) is 0 Å². The molecule has 0 radical (unpaired) electrons. The first-order chi connectivity index (χ1) is 8.97. The number of halogens is 1. The summed E-state index contributed by atoms with van der Waals surface area (Å²) in [6, 6.07) is 13.5. The maximum Gasteiger partial charge on any atom is 0.240 e. The molecule has 0 fully saturated rings. The van der Waals surface area contributed by atoms with Crippen molar-refractivity contribution >= 4 is 31.6 Å². The van der Waals surface area contributed by atoms with Gasteiger partial charge in [-0.15, -0.1) is 0 Å². The lowest BCUT2D eigenvalue weighted by Gasteiger charge is -2.07. The molecule has 2 rings (SSSR count). The molecule has 0 spiro atoms. The van der Waals surface area contributed by atoms with Crippen LogP contribution in [-0.4, -0.2) is 8.42 Å². The van der Waals surface area contributed by atoms with Gasteiger partial charge in [0.25, 0.3) is 0 Å². The molecule has 6 heteroatoms. The number of nitrogens with two attached hydrogens (primary N) is 1. The first-order valence-electron chi connectivity index (χ1n) is 5.57. The molecular weight excluding hydrogens is 328 g/mol. The fourth-order valence-electron chi connectivity index (χ4n) is 1.51. The topological polar surface area (TPSA) is 72.2 Å². The van der Waals surface area contributed by atoms with Gasteiger partial charge < -0.3 is 5.73 Å². The van der Waals surface area contributed by atoms with Gasteiger partial charge in [0.1, 0.15) is 0 Å². The van der Waals surface area contributed by atoms with Gasteiger partial charge >= 0.3 is 0 Å². The molecule has 0 heterocycles. The van der Waals surface area contributed by atoms with Gasteiger partial charge in [0.2, 0.25) is 10.0 Å². The zero-order valence-electron chi connectivity index (χ0n) is 10.0. The minimum absolute atomic E-state index is 0.207. The van der Waals surface area contributed by atoms with Crippen LogP contribution >= 0.6 is 15.9 Å². The lowest BCUT2D eigenvalue weighted by atomic mass is 10.2. The Morgan fingerprint density at radius 3 is 2.16 bits per heavy atom. The van der Waals surface area contributed by atoms with E-state index in [9.17, 15) is 8.42 Å². The molecule has 0 atom stereocenters. The second-order valence-electron chi connectivity index (χ2n) is 4.02. The smallest absolute Gasteiger partial charge is 0.240 e. The number of nitrogen functional groups attached to an aromatic ring is 1. The number of rotatable bonds is 4. The Balaban J connectivity index is 2.09. The summed E-state index contributed by atoms with van der Waals surface area (Å²) in [6.07, 6.45) is 0. The van der Waals surface area contributed by atoms with Crippen LogP contribution in [0.5, 0.6) is 0 Å². The fraction of sp³-hybridized carbons (Fsp3) is 0.0769. The van der Waals surface area contributed by atoms with Gasteiger partial charge in [-0.3, -0.25) is 0 Å². The number of nitrogens with one attached hydrogen (secondary N) is 1. The SMILES string of the molecule is Nc1ccc(S(=O)(=O)NCc2ccc(Br)cc2)cc1. The number of hydrogen-bond acceptors (Lipinski definition) is 3. The normalized spacial score (nSPS) is 11.4. The highest BCUT2D eigenvalue weighted by Gasteiger charge is 2.12. The van der Waals surface area contributed by atoms with Crippen molar-refractivity contribution in [2.45, 2.75) is 11.4 Å². The van der Waals surface area contributed by atoms with Crippen LogP contribution in [0.1, 0.15) is 5.56 Å². The molecule has 0 saturated heterocycles. The van der Waals surface area contributed by atoms with E-state index in [-0.39, 0.29) is 11.4 Å². The summed E-state index contributed by atoms with van der Waals surface area (Å²) in [7, 11) is -3.50. The Morgan fingerprint density at radius 2 is 1.58 bits per heavy atom. The second kappa shape index (κ2) is 5.73. The van der Waals surface area contributed by atoms with Crippen LogP contribution in [0.4, 0.5) is 5.69 Å². The van der Waals surface area contributed by atoms with E-state index in [1.54, 1.807) is 12.1 Å². The average molecular weight is 341 g/mol. The zero-order valence-corrected chi connectivity index (χ0v) is 12.4. The molecule has 2 aromatic carbocycles. The van der Waals surface area contributed by atoms with Crippen molar-refractivity contribution in [1.29, 1.82) is 0 Å². The molecule has 0 aliphatic carbocycles. The molecule has 3 N–H and O–H groups in total. The molecule has 0 unspecified atom stereocenters. The number of sulfonamides is 1. The Labute approximate surface area is 120 Å². The van der Waals surface area contributed by atoms with E-state index in [1.165, 1.54) is 12.1 Å². The van der Waals surface area contributed by atoms with Crippen LogP contribution in [-0.2, 0) is 16.6 Å². The summed E-state index contributed by atoms with van der Waals surface area (Å²) in [5.74, 6) is 0. The average Bonchev–Trinajstić information content (AvgIpc) is 2.39. The van der Waals surface area contributed by atoms with Crippen LogP contribution in [0.2, 0.25) is 0 Å². The Hall–Kier alpha value is -1.37. The number of anilines is 1. The summed E-state index contributed by atoms with van der Waals surface area (Å²) < 4.78 is 27.5. The highest BCUT2D eigenvalue weighted by Crippen LogP contribution is 2.13. The predicted octanol–water partition coefficient (Wildman–Crippen LogP) is 2.51. The summed E-state index contributed by atoms with van der Waals surface area (Å²) in [4.78, 5) is 0.207. The standard InChI is InChI=1S/C13H13BrN2O2S/c14-11-3-1-10(2-4-11)9-16-19(17,18)13-7-5-12(15)6-8-13/h1-8,16H,9,15H2. The highest BCUT2D eigenvalue weighted by atomic mass is 79.9. The summed E-state index contributed by atoms with van der Waals surface area (Å²) in [5, 5.41) is 0. The quantitative estimate of drug-likeness (QED) is 0.840. The molecule has 0 bridgehead atoms. The molecule has 2 aromatic rings. The number of hydrogen-bond donors (Lipinski definition) is 2. The van der Waals surface area contributed by atoms with E-state index < -0.39 is 10.0 Å². The molecule has 0 aromatic heterocycles. The van der Waals surface area contributed by atoms with Crippen molar-refractivity contribution in [2.75, 3.05) is 5.73 Å². The third-order valence-corrected chi connectivity index (χ3v) is 4.52. The molecule has 0 aliphatic rings. The highest BCUT2D eigenvalue weighted by molar-refractivity contribution is 9.10. The van der Waals surface area contributed by atoms with E-state index >= 15 is 0 Å². The maximum absolute atomic E-state index is 12.0. The maximum atomic E-state index is 12.0. The lowest BCUT2D eigenvalue weighted by molar-refractivity contribution is 0.581. The van der Waals surface area contributed by atoms with E-state index in [2.05, 4.69) is 20.7 Å². The first-order valence-corrected chi connectivity index (χ1v) is 7.85. The van der Waals surface area contributed by atoms with E-state index in [4.69, 9.17) is 5.73 Å². The van der Waals surface area contributed by atoms with Crippen molar-refractivity contribution in [1.82, 2.24) is 4.72 Å². The monoisotopic (exact) mass is 340 g/mol. The van der Waals surface area contributed by atoms with E-state index in [0.29, 0.717) is 5.69 Å². The largest absolute Gasteiger partial charge is 0.399 e. The third-order valence-electron chi connectivity index (χ3n) is 2.57. The predicted molar refractivity (Wildman–Crippen MR) is 79.0 cm³/mol.